The van der Waals surface area contributed by atoms with Gasteiger partial charge in [0, 0.05) is 0 Å². The largest absolute Gasteiger partial charge is 0.409 e. The van der Waals surface area contributed by atoms with Crippen molar-refractivity contribution < 1.29 is 10.0 Å². The van der Waals surface area contributed by atoms with E-state index in [2.05, 4.69) is 16.5 Å². The molecule has 1 amide bonds. The van der Waals surface area contributed by atoms with Gasteiger partial charge in [0.1, 0.15) is 0 Å². The lowest BCUT2D eigenvalue weighted by Crippen LogP contribution is -2.44. The van der Waals surface area contributed by atoms with Crippen LogP contribution in [0.15, 0.2) is 29.4 Å². The van der Waals surface area contributed by atoms with Gasteiger partial charge in [-0.25, -0.2) is 0 Å². The van der Waals surface area contributed by atoms with Gasteiger partial charge in [0.15, 0.2) is 5.84 Å². The summed E-state index contributed by atoms with van der Waals surface area (Å²) in [4.78, 5) is 12.3. The second-order valence-corrected chi connectivity index (χ2v) is 4.90. The van der Waals surface area contributed by atoms with Crippen LogP contribution >= 0.6 is 0 Å². The first kappa shape index (κ1) is 13.4. The maximum atomic E-state index is 12.3. The zero-order valence-electron chi connectivity index (χ0n) is 11.0. The average molecular weight is 261 g/mol. The lowest BCUT2D eigenvalue weighted by molar-refractivity contribution is -0.123. The third-order valence-electron chi connectivity index (χ3n) is 3.60. The Kier molecular flexibility index (Phi) is 4.04. The number of benzene rings is 1. The molecule has 19 heavy (non-hydrogen) atoms. The number of oxime groups is 1. The third kappa shape index (κ3) is 2.86. The number of fused-ring (bicyclic) bond motifs is 1. The van der Waals surface area contributed by atoms with Gasteiger partial charge in [0.05, 0.1) is 12.0 Å². The summed E-state index contributed by atoms with van der Waals surface area (Å²) in [5.41, 5.74) is 7.81. The SMILES string of the molecule is CC(NC(=O)C1CCCc2ccccc21)C(N)=NO. The van der Waals surface area contributed by atoms with Gasteiger partial charge in [-0.3, -0.25) is 4.79 Å². The second-order valence-electron chi connectivity index (χ2n) is 4.90. The highest BCUT2D eigenvalue weighted by atomic mass is 16.4. The first-order valence-electron chi connectivity index (χ1n) is 6.49. The highest BCUT2D eigenvalue weighted by Gasteiger charge is 2.27. The normalized spacial score (nSPS) is 20.5. The third-order valence-corrected chi connectivity index (χ3v) is 3.60. The molecule has 2 rings (SSSR count). The lowest BCUT2D eigenvalue weighted by atomic mass is 9.82. The van der Waals surface area contributed by atoms with Crippen LogP contribution in [0.5, 0.6) is 0 Å². The molecule has 1 aliphatic carbocycles. The van der Waals surface area contributed by atoms with Crippen LogP contribution in [0, 0.1) is 0 Å². The Morgan fingerprint density at radius 3 is 3.00 bits per heavy atom. The molecule has 1 aromatic rings. The minimum Gasteiger partial charge on any atom is -0.409 e. The number of amidine groups is 1. The molecule has 0 aliphatic heterocycles. The van der Waals surface area contributed by atoms with Crippen molar-refractivity contribution in [2.24, 2.45) is 10.9 Å². The summed E-state index contributed by atoms with van der Waals surface area (Å²) in [6, 6.07) is 7.57. The Labute approximate surface area is 112 Å². The van der Waals surface area contributed by atoms with E-state index in [9.17, 15) is 4.79 Å². The van der Waals surface area contributed by atoms with Crippen LogP contribution in [0.1, 0.15) is 36.8 Å². The molecular formula is C14H19N3O2. The van der Waals surface area contributed by atoms with Crippen LogP contribution in [0.25, 0.3) is 0 Å². The molecule has 1 aromatic carbocycles. The predicted molar refractivity (Wildman–Crippen MR) is 73.1 cm³/mol. The first-order chi connectivity index (χ1) is 9.13. The van der Waals surface area contributed by atoms with E-state index < -0.39 is 6.04 Å². The summed E-state index contributed by atoms with van der Waals surface area (Å²) >= 11 is 0. The minimum atomic E-state index is -0.466. The van der Waals surface area contributed by atoms with Gasteiger partial charge in [0.25, 0.3) is 0 Å². The molecule has 0 aromatic heterocycles. The van der Waals surface area contributed by atoms with Crippen molar-refractivity contribution in [1.29, 1.82) is 0 Å². The Balaban J connectivity index is 2.13. The van der Waals surface area contributed by atoms with Crippen molar-refractivity contribution in [3.8, 4) is 0 Å². The number of amides is 1. The van der Waals surface area contributed by atoms with E-state index in [4.69, 9.17) is 10.9 Å². The number of rotatable bonds is 3. The van der Waals surface area contributed by atoms with Crippen LogP contribution in [0.3, 0.4) is 0 Å². The summed E-state index contributed by atoms with van der Waals surface area (Å²) in [7, 11) is 0. The zero-order valence-corrected chi connectivity index (χ0v) is 11.0. The topological polar surface area (TPSA) is 87.7 Å². The molecule has 0 saturated carbocycles. The van der Waals surface area contributed by atoms with Crippen molar-refractivity contribution in [2.45, 2.75) is 38.1 Å². The van der Waals surface area contributed by atoms with Crippen molar-refractivity contribution in [2.75, 3.05) is 0 Å². The van der Waals surface area contributed by atoms with Crippen LogP contribution in [0.4, 0.5) is 0 Å². The molecule has 5 heteroatoms. The summed E-state index contributed by atoms with van der Waals surface area (Å²) in [5, 5.41) is 14.3. The van der Waals surface area contributed by atoms with E-state index in [1.165, 1.54) is 5.56 Å². The van der Waals surface area contributed by atoms with Gasteiger partial charge in [0.2, 0.25) is 5.91 Å². The monoisotopic (exact) mass is 261 g/mol. The fraction of sp³-hybridized carbons (Fsp3) is 0.429. The van der Waals surface area contributed by atoms with Crippen molar-refractivity contribution >= 4 is 11.7 Å². The fourth-order valence-electron chi connectivity index (χ4n) is 2.50. The number of nitrogens with two attached hydrogens (primary N) is 1. The van der Waals surface area contributed by atoms with Gasteiger partial charge < -0.3 is 16.3 Å². The van der Waals surface area contributed by atoms with Crippen molar-refractivity contribution in [1.82, 2.24) is 5.32 Å². The van der Waals surface area contributed by atoms with E-state index in [0.29, 0.717) is 0 Å². The van der Waals surface area contributed by atoms with Gasteiger partial charge in [-0.2, -0.15) is 0 Å². The quantitative estimate of drug-likeness (QED) is 0.332. The van der Waals surface area contributed by atoms with Crippen molar-refractivity contribution in [3.05, 3.63) is 35.4 Å². The van der Waals surface area contributed by atoms with Crippen LogP contribution in [0.2, 0.25) is 0 Å². The number of nitrogens with one attached hydrogen (secondary N) is 1. The molecule has 0 saturated heterocycles. The number of aryl methyl sites for hydroxylation is 1. The molecule has 0 spiro atoms. The second kappa shape index (κ2) is 5.73. The van der Waals surface area contributed by atoms with Crippen LogP contribution in [-0.2, 0) is 11.2 Å². The molecule has 2 unspecified atom stereocenters. The van der Waals surface area contributed by atoms with E-state index in [-0.39, 0.29) is 17.7 Å². The summed E-state index contributed by atoms with van der Waals surface area (Å²) in [6.45, 7) is 1.70. The molecular weight excluding hydrogens is 242 g/mol. The standard InChI is InChI=1S/C14H19N3O2/c1-9(13(15)17-19)16-14(18)12-8-4-6-10-5-2-3-7-11(10)12/h2-3,5,7,9,12,19H,4,6,8H2,1H3,(H2,15,17)(H,16,18). The van der Waals surface area contributed by atoms with Gasteiger partial charge in [-0.15, -0.1) is 0 Å². The molecule has 102 valence electrons. The minimum absolute atomic E-state index is 0.0115. The Bertz CT molecular complexity index is 499. The van der Waals surface area contributed by atoms with Gasteiger partial charge in [-0.1, -0.05) is 29.4 Å². The molecule has 0 radical (unpaired) electrons. The van der Waals surface area contributed by atoms with Gasteiger partial charge >= 0.3 is 0 Å². The molecule has 0 heterocycles. The molecule has 4 N–H and O–H groups in total. The predicted octanol–water partition coefficient (Wildman–Crippen LogP) is 1.36. The summed E-state index contributed by atoms with van der Waals surface area (Å²) < 4.78 is 0. The van der Waals surface area contributed by atoms with Crippen LogP contribution in [-0.4, -0.2) is 23.0 Å². The number of carbonyl (C=O) groups is 1. The number of hydrogen-bond acceptors (Lipinski definition) is 3. The lowest BCUT2D eigenvalue weighted by Gasteiger charge is -2.25. The van der Waals surface area contributed by atoms with E-state index in [1.54, 1.807) is 6.92 Å². The Morgan fingerprint density at radius 2 is 2.26 bits per heavy atom. The number of carbonyl (C=O) groups excluding carboxylic acids is 1. The van der Waals surface area contributed by atoms with E-state index >= 15 is 0 Å². The molecule has 5 nitrogen and oxygen atoms in total. The van der Waals surface area contributed by atoms with E-state index in [0.717, 1.165) is 24.8 Å². The fourth-order valence-corrected chi connectivity index (χ4v) is 2.50. The summed E-state index contributed by atoms with van der Waals surface area (Å²) in [6.07, 6.45) is 2.87. The van der Waals surface area contributed by atoms with Gasteiger partial charge in [-0.05, 0) is 37.3 Å². The summed E-state index contributed by atoms with van der Waals surface area (Å²) in [5.74, 6) is -0.192. The van der Waals surface area contributed by atoms with Crippen molar-refractivity contribution in [3.63, 3.8) is 0 Å². The number of nitrogens with zero attached hydrogens (tertiary/aromatic N) is 1. The number of hydrogen-bond donors (Lipinski definition) is 3. The highest BCUT2D eigenvalue weighted by Crippen LogP contribution is 2.31. The smallest absolute Gasteiger partial charge is 0.228 e. The maximum absolute atomic E-state index is 12.3. The zero-order chi connectivity index (χ0) is 13.8. The van der Waals surface area contributed by atoms with E-state index in [1.807, 2.05) is 18.2 Å². The Morgan fingerprint density at radius 1 is 1.53 bits per heavy atom. The molecule has 0 fully saturated rings. The van der Waals surface area contributed by atoms with Crippen LogP contribution < -0.4 is 11.1 Å². The highest BCUT2D eigenvalue weighted by molar-refractivity contribution is 5.92. The maximum Gasteiger partial charge on any atom is 0.228 e. The Hall–Kier alpha value is -2.04. The molecule has 2 atom stereocenters. The average Bonchev–Trinajstić information content (AvgIpc) is 2.45. The molecule has 1 aliphatic rings. The first-order valence-corrected chi connectivity index (χ1v) is 6.49. The molecule has 0 bridgehead atoms.